The Balaban J connectivity index is 0.00000242. The first kappa shape index (κ1) is 22.2. The number of carbonyl (C=O) groups excluding carboxylic acids is 1. The Morgan fingerprint density at radius 3 is 2.61 bits per heavy atom. The van der Waals surface area contributed by atoms with Crippen molar-refractivity contribution < 1.29 is 9.53 Å². The topological polar surface area (TPSA) is 73.4 Å². The first-order chi connectivity index (χ1) is 9.88. The van der Waals surface area contributed by atoms with Gasteiger partial charge in [0.05, 0.1) is 30.9 Å². The van der Waals surface area contributed by atoms with Gasteiger partial charge in [-0.25, -0.2) is 0 Å². The van der Waals surface area contributed by atoms with Gasteiger partial charge in [-0.2, -0.15) is 5.10 Å². The highest BCUT2D eigenvalue weighted by molar-refractivity contribution is 5.85. The summed E-state index contributed by atoms with van der Waals surface area (Å²) in [4.78, 5) is 14.2. The molecule has 6 nitrogen and oxygen atoms in total. The third kappa shape index (κ3) is 5.64. The van der Waals surface area contributed by atoms with Gasteiger partial charge in [-0.15, -0.1) is 24.8 Å². The average Bonchev–Trinajstić information content (AvgIpc) is 2.75. The predicted octanol–water partition coefficient (Wildman–Crippen LogP) is 1.55. The summed E-state index contributed by atoms with van der Waals surface area (Å²) in [5, 5.41) is 4.45. The standard InChI is InChI=1S/C15H26N4O2.2ClH/c1-10-7-11(2)19(17-10)9-14-8-18(5-6-21-14)15(20)12(3)13(4)16;;/h7,12-14H,5-6,8-9,16H2,1-4H3;2*1H. The Kier molecular flexibility index (Phi) is 9.13. The molecular formula is C15H28Cl2N4O2. The van der Waals surface area contributed by atoms with E-state index in [0.717, 1.165) is 11.4 Å². The molecule has 8 heteroatoms. The number of aryl methyl sites for hydroxylation is 2. The summed E-state index contributed by atoms with van der Waals surface area (Å²) in [6.07, 6.45) is -0.0130. The number of hydrogen-bond donors (Lipinski definition) is 1. The lowest BCUT2D eigenvalue weighted by Crippen LogP contribution is -2.50. The Morgan fingerprint density at radius 1 is 1.43 bits per heavy atom. The second kappa shape index (κ2) is 9.47. The fourth-order valence-electron chi connectivity index (χ4n) is 2.60. The number of rotatable bonds is 4. The molecule has 2 heterocycles. The van der Waals surface area contributed by atoms with E-state index in [1.165, 1.54) is 0 Å². The van der Waals surface area contributed by atoms with Gasteiger partial charge in [-0.05, 0) is 26.8 Å². The average molecular weight is 367 g/mol. The molecule has 0 radical (unpaired) electrons. The van der Waals surface area contributed by atoms with E-state index in [-0.39, 0.29) is 48.8 Å². The van der Waals surface area contributed by atoms with Gasteiger partial charge in [0.1, 0.15) is 0 Å². The van der Waals surface area contributed by atoms with Gasteiger partial charge in [0.25, 0.3) is 0 Å². The molecule has 23 heavy (non-hydrogen) atoms. The Morgan fingerprint density at radius 2 is 2.09 bits per heavy atom. The third-order valence-corrected chi connectivity index (χ3v) is 4.11. The van der Waals surface area contributed by atoms with Crippen LogP contribution in [0.4, 0.5) is 0 Å². The van der Waals surface area contributed by atoms with Crippen LogP contribution in [0.2, 0.25) is 0 Å². The van der Waals surface area contributed by atoms with E-state index in [2.05, 4.69) is 5.10 Å². The number of nitrogens with two attached hydrogens (primary N) is 1. The molecule has 0 aliphatic carbocycles. The molecule has 1 aromatic rings. The number of ether oxygens (including phenoxy) is 1. The molecule has 1 aliphatic rings. The van der Waals surface area contributed by atoms with Crippen LogP contribution in [0, 0.1) is 19.8 Å². The normalized spacial score (nSPS) is 20.2. The Bertz CT molecular complexity index is 508. The number of hydrogen-bond acceptors (Lipinski definition) is 4. The first-order valence-corrected chi connectivity index (χ1v) is 7.55. The third-order valence-electron chi connectivity index (χ3n) is 4.11. The lowest BCUT2D eigenvalue weighted by molar-refractivity contribution is -0.143. The van der Waals surface area contributed by atoms with E-state index in [1.807, 2.05) is 43.3 Å². The summed E-state index contributed by atoms with van der Waals surface area (Å²) >= 11 is 0. The van der Waals surface area contributed by atoms with Gasteiger partial charge in [-0.3, -0.25) is 9.48 Å². The molecule has 134 valence electrons. The van der Waals surface area contributed by atoms with Crippen molar-refractivity contribution >= 4 is 30.7 Å². The van der Waals surface area contributed by atoms with Crippen LogP contribution in [0.15, 0.2) is 6.07 Å². The van der Waals surface area contributed by atoms with Crippen molar-refractivity contribution in [3.8, 4) is 0 Å². The van der Waals surface area contributed by atoms with Crippen molar-refractivity contribution in [2.45, 2.75) is 46.4 Å². The Hall–Kier alpha value is -0.820. The van der Waals surface area contributed by atoms with Crippen LogP contribution in [0.3, 0.4) is 0 Å². The van der Waals surface area contributed by atoms with E-state index >= 15 is 0 Å². The smallest absolute Gasteiger partial charge is 0.227 e. The predicted molar refractivity (Wildman–Crippen MR) is 95.3 cm³/mol. The molecular weight excluding hydrogens is 339 g/mol. The van der Waals surface area contributed by atoms with E-state index < -0.39 is 0 Å². The minimum atomic E-state index is -0.155. The lowest BCUT2D eigenvalue weighted by atomic mass is 10.0. The number of aromatic nitrogens is 2. The van der Waals surface area contributed by atoms with Crippen LogP contribution < -0.4 is 5.73 Å². The fourth-order valence-corrected chi connectivity index (χ4v) is 2.60. The molecule has 0 saturated carbocycles. The van der Waals surface area contributed by atoms with Crippen molar-refractivity contribution in [3.05, 3.63) is 17.5 Å². The van der Waals surface area contributed by atoms with Gasteiger partial charge in [0.2, 0.25) is 5.91 Å². The van der Waals surface area contributed by atoms with Crippen molar-refractivity contribution in [3.63, 3.8) is 0 Å². The molecule has 0 aromatic carbocycles. The number of carbonyl (C=O) groups is 1. The summed E-state index contributed by atoms with van der Waals surface area (Å²) in [6, 6.07) is 1.92. The zero-order valence-electron chi connectivity index (χ0n) is 14.2. The van der Waals surface area contributed by atoms with Crippen LogP contribution in [0.1, 0.15) is 25.2 Å². The van der Waals surface area contributed by atoms with Gasteiger partial charge < -0.3 is 15.4 Å². The minimum absolute atomic E-state index is 0. The highest BCUT2D eigenvalue weighted by Crippen LogP contribution is 2.14. The maximum absolute atomic E-state index is 12.4. The number of halogens is 2. The van der Waals surface area contributed by atoms with E-state index in [4.69, 9.17) is 10.5 Å². The van der Waals surface area contributed by atoms with Gasteiger partial charge in [-0.1, -0.05) is 6.92 Å². The second-order valence-corrected chi connectivity index (χ2v) is 6.03. The van der Waals surface area contributed by atoms with E-state index in [9.17, 15) is 4.79 Å². The molecule has 0 spiro atoms. The summed E-state index contributed by atoms with van der Waals surface area (Å²) in [5.41, 5.74) is 7.95. The molecule has 1 aliphatic heterocycles. The molecule has 1 aromatic heterocycles. The van der Waals surface area contributed by atoms with Crippen molar-refractivity contribution in [1.82, 2.24) is 14.7 Å². The second-order valence-electron chi connectivity index (χ2n) is 6.03. The minimum Gasteiger partial charge on any atom is -0.373 e. The Labute approximate surface area is 150 Å². The summed E-state index contributed by atoms with van der Waals surface area (Å²) in [5.74, 6) is -0.0379. The van der Waals surface area contributed by atoms with Gasteiger partial charge in [0.15, 0.2) is 0 Å². The van der Waals surface area contributed by atoms with Crippen LogP contribution >= 0.6 is 24.8 Å². The van der Waals surface area contributed by atoms with Crippen molar-refractivity contribution in [2.75, 3.05) is 19.7 Å². The molecule has 0 bridgehead atoms. The zero-order chi connectivity index (χ0) is 15.6. The van der Waals surface area contributed by atoms with Crippen molar-refractivity contribution in [1.29, 1.82) is 0 Å². The van der Waals surface area contributed by atoms with Gasteiger partial charge >= 0.3 is 0 Å². The molecule has 2 N–H and O–H groups in total. The van der Waals surface area contributed by atoms with Crippen LogP contribution in [-0.2, 0) is 16.1 Å². The quantitative estimate of drug-likeness (QED) is 0.877. The van der Waals surface area contributed by atoms with Crippen molar-refractivity contribution in [2.24, 2.45) is 11.7 Å². The largest absolute Gasteiger partial charge is 0.373 e. The highest BCUT2D eigenvalue weighted by Gasteiger charge is 2.29. The number of nitrogens with zero attached hydrogens (tertiary/aromatic N) is 3. The van der Waals surface area contributed by atoms with Gasteiger partial charge in [0, 0.05) is 24.8 Å². The zero-order valence-corrected chi connectivity index (χ0v) is 15.8. The lowest BCUT2D eigenvalue weighted by Gasteiger charge is -2.35. The summed E-state index contributed by atoms with van der Waals surface area (Å²) in [7, 11) is 0. The van der Waals surface area contributed by atoms with E-state index in [1.54, 1.807) is 0 Å². The molecule has 1 amide bonds. The fraction of sp³-hybridized carbons (Fsp3) is 0.733. The molecule has 1 saturated heterocycles. The van der Waals surface area contributed by atoms with Crippen LogP contribution in [0.25, 0.3) is 0 Å². The maximum Gasteiger partial charge on any atom is 0.227 e. The monoisotopic (exact) mass is 366 g/mol. The molecule has 3 unspecified atom stereocenters. The highest BCUT2D eigenvalue weighted by atomic mass is 35.5. The van der Waals surface area contributed by atoms with Crippen LogP contribution in [0.5, 0.6) is 0 Å². The van der Waals surface area contributed by atoms with E-state index in [0.29, 0.717) is 26.2 Å². The molecule has 2 rings (SSSR count). The molecule has 3 atom stereocenters. The summed E-state index contributed by atoms with van der Waals surface area (Å²) in [6.45, 7) is 10.3. The maximum atomic E-state index is 12.4. The molecule has 1 fully saturated rings. The SMILES string of the molecule is Cc1cc(C)n(CC2CN(C(=O)C(C)C(C)N)CCO2)n1.Cl.Cl. The summed E-state index contributed by atoms with van der Waals surface area (Å²) < 4.78 is 7.73. The van der Waals surface area contributed by atoms with Crippen LogP contribution in [-0.4, -0.2) is 52.4 Å². The first-order valence-electron chi connectivity index (χ1n) is 7.55. The number of morpholine rings is 1. The number of amides is 1.